The minimum atomic E-state index is -0.593. The molecular formula is C31H24BrN3O5. The molecule has 0 saturated heterocycles. The van der Waals surface area contributed by atoms with Gasteiger partial charge in [0.25, 0.3) is 17.7 Å². The minimum absolute atomic E-state index is 0.263. The van der Waals surface area contributed by atoms with Crippen molar-refractivity contribution >= 4 is 51.4 Å². The van der Waals surface area contributed by atoms with Gasteiger partial charge >= 0.3 is 5.97 Å². The van der Waals surface area contributed by atoms with Gasteiger partial charge in [0, 0.05) is 32.9 Å². The van der Waals surface area contributed by atoms with Gasteiger partial charge in [-0.15, -0.1) is 0 Å². The normalized spacial score (nSPS) is 10.6. The lowest BCUT2D eigenvalue weighted by Gasteiger charge is -2.09. The second kappa shape index (κ2) is 13.2. The maximum atomic E-state index is 12.5. The highest BCUT2D eigenvalue weighted by Gasteiger charge is 2.12. The Balaban J connectivity index is 1.29. The third kappa shape index (κ3) is 7.75. The molecule has 40 heavy (non-hydrogen) atoms. The molecule has 0 radical (unpaired) electrons. The number of nitrogens with one attached hydrogen (secondary N) is 3. The fourth-order valence-corrected chi connectivity index (χ4v) is 3.73. The molecule has 4 aromatic rings. The average Bonchev–Trinajstić information content (AvgIpc) is 2.96. The Kier molecular flexibility index (Phi) is 9.22. The number of esters is 1. The van der Waals surface area contributed by atoms with Crippen LogP contribution in [0.3, 0.4) is 0 Å². The molecule has 0 saturated carbocycles. The highest BCUT2D eigenvalue weighted by molar-refractivity contribution is 9.10. The number of amides is 3. The van der Waals surface area contributed by atoms with Crippen LogP contribution in [0.15, 0.2) is 108 Å². The number of hydrogen-bond acceptors (Lipinski definition) is 5. The van der Waals surface area contributed by atoms with Crippen molar-refractivity contribution in [1.82, 2.24) is 10.9 Å². The molecule has 3 amide bonds. The number of benzene rings is 4. The molecular weight excluding hydrogens is 574 g/mol. The number of ether oxygens (including phenoxy) is 1. The van der Waals surface area contributed by atoms with E-state index in [4.69, 9.17) is 4.74 Å². The molecule has 0 unspecified atom stereocenters. The molecule has 0 spiro atoms. The number of carbonyl (C=O) groups is 4. The van der Waals surface area contributed by atoms with Crippen LogP contribution < -0.4 is 20.9 Å². The van der Waals surface area contributed by atoms with Gasteiger partial charge in [-0.1, -0.05) is 51.8 Å². The summed E-state index contributed by atoms with van der Waals surface area (Å²) >= 11 is 3.32. The lowest BCUT2D eigenvalue weighted by Crippen LogP contribution is -2.40. The zero-order chi connectivity index (χ0) is 28.5. The fourth-order valence-electron chi connectivity index (χ4n) is 3.47. The van der Waals surface area contributed by atoms with Crippen LogP contribution >= 0.6 is 15.9 Å². The van der Waals surface area contributed by atoms with E-state index in [0.29, 0.717) is 22.4 Å². The van der Waals surface area contributed by atoms with Crippen LogP contribution in [0.5, 0.6) is 5.75 Å². The van der Waals surface area contributed by atoms with E-state index in [1.54, 1.807) is 72.8 Å². The number of hydrazine groups is 1. The third-order valence-electron chi connectivity index (χ3n) is 5.63. The number of para-hydroxylation sites is 1. The largest absolute Gasteiger partial charge is 0.422 e. The lowest BCUT2D eigenvalue weighted by molar-refractivity contribution is -0.117. The molecule has 0 heterocycles. The second-order valence-electron chi connectivity index (χ2n) is 8.61. The zero-order valence-corrected chi connectivity index (χ0v) is 22.9. The van der Waals surface area contributed by atoms with Gasteiger partial charge in [-0.25, -0.2) is 4.79 Å². The molecule has 0 aliphatic carbocycles. The molecule has 200 valence electrons. The lowest BCUT2D eigenvalue weighted by atomic mass is 10.1. The minimum Gasteiger partial charge on any atom is -0.422 e. The van der Waals surface area contributed by atoms with Gasteiger partial charge in [0.05, 0.1) is 5.56 Å². The number of hydrogen-bond donors (Lipinski definition) is 3. The number of halogens is 1. The maximum Gasteiger partial charge on any atom is 0.343 e. The summed E-state index contributed by atoms with van der Waals surface area (Å²) in [4.78, 5) is 49.6. The van der Waals surface area contributed by atoms with Gasteiger partial charge < -0.3 is 10.1 Å². The average molecular weight is 598 g/mol. The number of aryl methyl sites for hydroxylation is 1. The van der Waals surface area contributed by atoms with Crippen LogP contribution in [-0.4, -0.2) is 23.7 Å². The molecule has 4 rings (SSSR count). The number of carbonyl (C=O) groups excluding carboxylic acids is 4. The van der Waals surface area contributed by atoms with E-state index in [1.165, 1.54) is 24.3 Å². The number of anilines is 1. The maximum absolute atomic E-state index is 12.5. The van der Waals surface area contributed by atoms with E-state index in [-0.39, 0.29) is 17.2 Å². The Morgan fingerprint density at radius 3 is 2.00 bits per heavy atom. The van der Waals surface area contributed by atoms with E-state index in [0.717, 1.165) is 10.0 Å². The van der Waals surface area contributed by atoms with Crippen molar-refractivity contribution in [3.8, 4) is 5.75 Å². The van der Waals surface area contributed by atoms with Crippen LogP contribution in [0.4, 0.5) is 5.69 Å². The van der Waals surface area contributed by atoms with Crippen LogP contribution in [0.1, 0.15) is 42.2 Å². The summed E-state index contributed by atoms with van der Waals surface area (Å²) in [6.45, 7) is 1.94. The van der Waals surface area contributed by atoms with Crippen LogP contribution in [0.25, 0.3) is 6.08 Å². The first-order valence-electron chi connectivity index (χ1n) is 12.1. The summed E-state index contributed by atoms with van der Waals surface area (Å²) in [7, 11) is 0. The summed E-state index contributed by atoms with van der Waals surface area (Å²) in [5.41, 5.74) is 7.90. The van der Waals surface area contributed by atoms with E-state index >= 15 is 0 Å². The third-order valence-corrected chi connectivity index (χ3v) is 6.16. The zero-order valence-electron chi connectivity index (χ0n) is 21.3. The SMILES string of the molecule is Cc1ccc(C(=O)Nc2ccc(C(=O)NNC(=O)/C=C/c3ccccc3OC(=O)c3ccc(Br)cc3)cc2)cc1. The summed E-state index contributed by atoms with van der Waals surface area (Å²) in [5, 5.41) is 2.77. The molecule has 0 aromatic heterocycles. The smallest absolute Gasteiger partial charge is 0.343 e. The Morgan fingerprint density at radius 2 is 1.30 bits per heavy atom. The summed E-state index contributed by atoms with van der Waals surface area (Å²) in [6, 6.07) is 26.9. The van der Waals surface area contributed by atoms with Crippen molar-refractivity contribution in [1.29, 1.82) is 0 Å². The van der Waals surface area contributed by atoms with Crippen LogP contribution in [0, 0.1) is 6.92 Å². The van der Waals surface area contributed by atoms with E-state index in [1.807, 2.05) is 19.1 Å². The van der Waals surface area contributed by atoms with E-state index < -0.39 is 17.8 Å². The molecule has 9 heteroatoms. The molecule has 0 bridgehead atoms. The molecule has 3 N–H and O–H groups in total. The predicted molar refractivity (Wildman–Crippen MR) is 156 cm³/mol. The number of rotatable bonds is 7. The first kappa shape index (κ1) is 28.0. The van der Waals surface area contributed by atoms with Crippen molar-refractivity contribution in [2.24, 2.45) is 0 Å². The Hall–Kier alpha value is -5.02. The van der Waals surface area contributed by atoms with E-state index in [9.17, 15) is 19.2 Å². The van der Waals surface area contributed by atoms with Gasteiger partial charge in [0.1, 0.15) is 5.75 Å². The van der Waals surface area contributed by atoms with Gasteiger partial charge in [-0.3, -0.25) is 25.2 Å². The second-order valence-corrected chi connectivity index (χ2v) is 9.52. The van der Waals surface area contributed by atoms with Gasteiger partial charge in [-0.05, 0) is 79.7 Å². The topological polar surface area (TPSA) is 114 Å². The monoisotopic (exact) mass is 597 g/mol. The summed E-state index contributed by atoms with van der Waals surface area (Å²) in [5.74, 6) is -1.66. The fraction of sp³-hybridized carbons (Fsp3) is 0.0323. The molecule has 0 fully saturated rings. The van der Waals surface area contributed by atoms with Gasteiger partial charge in [-0.2, -0.15) is 0 Å². The first-order chi connectivity index (χ1) is 19.3. The van der Waals surface area contributed by atoms with Crippen molar-refractivity contribution in [3.63, 3.8) is 0 Å². The predicted octanol–water partition coefficient (Wildman–Crippen LogP) is 5.70. The summed E-state index contributed by atoms with van der Waals surface area (Å²) < 4.78 is 6.33. The van der Waals surface area contributed by atoms with Crippen molar-refractivity contribution in [3.05, 3.63) is 135 Å². The van der Waals surface area contributed by atoms with E-state index in [2.05, 4.69) is 32.1 Å². The molecule has 0 aliphatic rings. The van der Waals surface area contributed by atoms with Crippen molar-refractivity contribution in [2.75, 3.05) is 5.32 Å². The van der Waals surface area contributed by atoms with Gasteiger partial charge in [0.15, 0.2) is 0 Å². The highest BCUT2D eigenvalue weighted by atomic mass is 79.9. The quantitative estimate of drug-likeness (QED) is 0.109. The Morgan fingerprint density at radius 1 is 0.700 bits per heavy atom. The molecule has 0 atom stereocenters. The van der Waals surface area contributed by atoms with Crippen LogP contribution in [-0.2, 0) is 4.79 Å². The standard InChI is InChI=1S/C31H24BrN3O5/c1-20-6-8-22(9-7-20)29(37)33-26-17-12-23(13-18-26)30(38)35-34-28(36)19-14-21-4-2-3-5-27(21)40-31(39)24-10-15-25(32)16-11-24/h2-19H,1H3,(H,33,37)(H,34,36)(H,35,38)/b19-14+. The Labute approximate surface area is 239 Å². The van der Waals surface area contributed by atoms with Crippen LogP contribution in [0.2, 0.25) is 0 Å². The molecule has 8 nitrogen and oxygen atoms in total. The molecule has 0 aliphatic heterocycles. The first-order valence-corrected chi connectivity index (χ1v) is 12.9. The van der Waals surface area contributed by atoms with Crippen molar-refractivity contribution < 1.29 is 23.9 Å². The Bertz CT molecular complexity index is 1560. The summed E-state index contributed by atoms with van der Waals surface area (Å²) in [6.07, 6.45) is 2.67. The van der Waals surface area contributed by atoms with Crippen molar-refractivity contribution in [2.45, 2.75) is 6.92 Å². The highest BCUT2D eigenvalue weighted by Crippen LogP contribution is 2.21. The molecule has 4 aromatic carbocycles. The van der Waals surface area contributed by atoms with Gasteiger partial charge in [0.2, 0.25) is 0 Å².